The van der Waals surface area contributed by atoms with Crippen molar-refractivity contribution in [1.29, 1.82) is 0 Å². The molecule has 1 aliphatic carbocycles. The maximum absolute atomic E-state index is 9.73. The van der Waals surface area contributed by atoms with Crippen molar-refractivity contribution in [3.8, 4) is 5.75 Å². The van der Waals surface area contributed by atoms with Gasteiger partial charge in [-0.3, -0.25) is 4.84 Å². The lowest BCUT2D eigenvalue weighted by atomic mass is 10.2. The molecule has 1 aromatic rings. The van der Waals surface area contributed by atoms with Crippen LogP contribution in [0.2, 0.25) is 10.0 Å². The van der Waals surface area contributed by atoms with Gasteiger partial charge in [0.25, 0.3) is 0 Å². The molecule has 0 bridgehead atoms. The number of phenolic OH excluding ortho intramolecular Hbond substituents is 1. The summed E-state index contributed by atoms with van der Waals surface area (Å²) < 4.78 is 0. The van der Waals surface area contributed by atoms with E-state index in [4.69, 9.17) is 28.0 Å². The lowest BCUT2D eigenvalue weighted by Crippen LogP contribution is -2.21. The Hall–Kier alpha value is -0.480. The summed E-state index contributed by atoms with van der Waals surface area (Å²) in [5.74, 6) is 0.0542. The number of benzene rings is 1. The predicted molar refractivity (Wildman–Crippen MR) is 68.3 cm³/mol. The number of halogens is 2. The summed E-state index contributed by atoms with van der Waals surface area (Å²) >= 11 is 11.7. The van der Waals surface area contributed by atoms with Crippen molar-refractivity contribution in [2.45, 2.75) is 38.3 Å². The Morgan fingerprint density at radius 2 is 2.00 bits per heavy atom. The van der Waals surface area contributed by atoms with Gasteiger partial charge in [-0.05, 0) is 25.0 Å². The Balaban J connectivity index is 1.89. The van der Waals surface area contributed by atoms with E-state index in [0.717, 1.165) is 12.8 Å². The number of hydrogen-bond acceptors (Lipinski definition) is 3. The van der Waals surface area contributed by atoms with Gasteiger partial charge in [-0.25, -0.2) is 0 Å². The van der Waals surface area contributed by atoms with Gasteiger partial charge in [0.2, 0.25) is 0 Å². The van der Waals surface area contributed by atoms with Gasteiger partial charge in [-0.15, -0.1) is 0 Å². The third-order valence-electron chi connectivity index (χ3n) is 2.92. The Morgan fingerprint density at radius 1 is 1.29 bits per heavy atom. The van der Waals surface area contributed by atoms with Crippen LogP contribution in [0.5, 0.6) is 5.75 Å². The van der Waals surface area contributed by atoms with Crippen LogP contribution >= 0.6 is 23.2 Å². The van der Waals surface area contributed by atoms with E-state index in [-0.39, 0.29) is 16.9 Å². The van der Waals surface area contributed by atoms with Crippen LogP contribution in [0.1, 0.15) is 31.2 Å². The number of aromatic hydroxyl groups is 1. The Labute approximate surface area is 111 Å². The summed E-state index contributed by atoms with van der Waals surface area (Å²) in [6.45, 7) is 0.391. The number of nitrogens with one attached hydrogen (secondary N) is 1. The zero-order chi connectivity index (χ0) is 12.3. The van der Waals surface area contributed by atoms with Gasteiger partial charge in [-0.2, -0.15) is 5.48 Å². The molecule has 0 amide bonds. The molecule has 0 heterocycles. The van der Waals surface area contributed by atoms with Crippen LogP contribution in [-0.4, -0.2) is 11.2 Å². The second-order valence-electron chi connectivity index (χ2n) is 4.24. The molecule has 0 aromatic heterocycles. The van der Waals surface area contributed by atoms with E-state index in [1.165, 1.54) is 18.9 Å². The first-order valence-corrected chi connectivity index (χ1v) is 6.48. The highest BCUT2D eigenvalue weighted by atomic mass is 35.5. The molecule has 17 heavy (non-hydrogen) atoms. The van der Waals surface area contributed by atoms with Crippen molar-refractivity contribution in [3.63, 3.8) is 0 Å². The highest BCUT2D eigenvalue weighted by Gasteiger charge is 2.16. The van der Waals surface area contributed by atoms with Crippen molar-refractivity contribution in [2.24, 2.45) is 0 Å². The monoisotopic (exact) mass is 275 g/mol. The average Bonchev–Trinajstić information content (AvgIpc) is 2.78. The third kappa shape index (κ3) is 3.49. The van der Waals surface area contributed by atoms with Gasteiger partial charge in [0.05, 0.1) is 11.1 Å². The largest absolute Gasteiger partial charge is 0.506 e. The molecule has 0 radical (unpaired) electrons. The molecule has 2 rings (SSSR count). The molecule has 0 atom stereocenters. The molecule has 0 spiro atoms. The maximum Gasteiger partial charge on any atom is 0.138 e. The number of phenols is 1. The maximum atomic E-state index is 9.73. The Bertz CT molecular complexity index is 392. The zero-order valence-corrected chi connectivity index (χ0v) is 10.9. The van der Waals surface area contributed by atoms with E-state index in [9.17, 15) is 5.11 Å². The predicted octanol–water partition coefficient (Wildman–Crippen LogP) is 3.66. The molecule has 94 valence electrons. The molecule has 1 aromatic carbocycles. The molecule has 0 aliphatic heterocycles. The van der Waals surface area contributed by atoms with Crippen LogP contribution in [0.4, 0.5) is 0 Å². The minimum Gasteiger partial charge on any atom is -0.506 e. The summed E-state index contributed by atoms with van der Waals surface area (Å²) in [4.78, 5) is 5.49. The highest BCUT2D eigenvalue weighted by Crippen LogP contribution is 2.31. The van der Waals surface area contributed by atoms with Crippen LogP contribution in [0.15, 0.2) is 12.1 Å². The van der Waals surface area contributed by atoms with E-state index in [0.29, 0.717) is 17.1 Å². The molecule has 5 heteroatoms. The minimum absolute atomic E-state index is 0.0542. The van der Waals surface area contributed by atoms with Crippen molar-refractivity contribution < 1.29 is 9.94 Å². The van der Waals surface area contributed by atoms with Crippen LogP contribution < -0.4 is 5.48 Å². The van der Waals surface area contributed by atoms with Gasteiger partial charge in [0, 0.05) is 17.1 Å². The van der Waals surface area contributed by atoms with Gasteiger partial charge in [-0.1, -0.05) is 36.0 Å². The molecule has 2 N–H and O–H groups in total. The molecule has 1 aliphatic rings. The topological polar surface area (TPSA) is 41.5 Å². The average molecular weight is 276 g/mol. The third-order valence-corrected chi connectivity index (χ3v) is 3.43. The number of hydrogen-bond donors (Lipinski definition) is 2. The Morgan fingerprint density at radius 3 is 2.71 bits per heavy atom. The lowest BCUT2D eigenvalue weighted by molar-refractivity contribution is -0.0246. The second kappa shape index (κ2) is 5.91. The zero-order valence-electron chi connectivity index (χ0n) is 9.38. The lowest BCUT2D eigenvalue weighted by Gasteiger charge is -2.13. The fourth-order valence-electron chi connectivity index (χ4n) is 2.00. The van der Waals surface area contributed by atoms with E-state index in [1.807, 2.05) is 0 Å². The summed E-state index contributed by atoms with van der Waals surface area (Å²) in [6, 6.07) is 3.19. The molecule has 0 saturated heterocycles. The van der Waals surface area contributed by atoms with Gasteiger partial charge >= 0.3 is 0 Å². The fraction of sp³-hybridized carbons (Fsp3) is 0.500. The summed E-state index contributed by atoms with van der Waals surface area (Å²) in [7, 11) is 0. The van der Waals surface area contributed by atoms with E-state index >= 15 is 0 Å². The summed E-state index contributed by atoms with van der Waals surface area (Å²) in [6.07, 6.45) is 4.91. The van der Waals surface area contributed by atoms with E-state index < -0.39 is 0 Å². The number of rotatable bonds is 4. The van der Waals surface area contributed by atoms with E-state index in [2.05, 4.69) is 5.48 Å². The van der Waals surface area contributed by atoms with Crippen molar-refractivity contribution in [1.82, 2.24) is 5.48 Å². The van der Waals surface area contributed by atoms with Crippen molar-refractivity contribution >= 4 is 23.2 Å². The minimum atomic E-state index is 0.0542. The van der Waals surface area contributed by atoms with Gasteiger partial charge in [0.1, 0.15) is 5.75 Å². The van der Waals surface area contributed by atoms with E-state index in [1.54, 1.807) is 6.07 Å². The van der Waals surface area contributed by atoms with Crippen LogP contribution in [0.3, 0.4) is 0 Å². The smallest absolute Gasteiger partial charge is 0.138 e. The van der Waals surface area contributed by atoms with Crippen molar-refractivity contribution in [2.75, 3.05) is 0 Å². The molecule has 3 nitrogen and oxygen atoms in total. The molecule has 0 unspecified atom stereocenters. The van der Waals surface area contributed by atoms with Crippen LogP contribution in [-0.2, 0) is 11.4 Å². The first kappa shape index (κ1) is 13.0. The van der Waals surface area contributed by atoms with Crippen molar-refractivity contribution in [3.05, 3.63) is 27.7 Å². The first-order valence-electron chi connectivity index (χ1n) is 5.72. The normalized spacial score (nSPS) is 16.6. The molecule has 1 saturated carbocycles. The van der Waals surface area contributed by atoms with Gasteiger partial charge in [0.15, 0.2) is 0 Å². The summed E-state index contributed by atoms with van der Waals surface area (Å²) in [5.41, 5.74) is 3.50. The SMILES string of the molecule is Oc1c(Cl)cc(Cl)cc1CNOC1CCCC1. The second-order valence-corrected chi connectivity index (χ2v) is 5.08. The summed E-state index contributed by atoms with van der Waals surface area (Å²) in [5, 5.41) is 10.5. The first-order chi connectivity index (χ1) is 8.16. The standard InChI is InChI=1S/C12H15Cl2NO2/c13-9-5-8(12(16)11(14)6-9)7-15-17-10-3-1-2-4-10/h5-6,10,15-16H,1-4,7H2. The fourth-order valence-corrected chi connectivity index (χ4v) is 2.53. The number of hydroxylamine groups is 1. The van der Waals surface area contributed by atoms with Crippen LogP contribution in [0, 0.1) is 0 Å². The molecule has 1 fully saturated rings. The molecular weight excluding hydrogens is 261 g/mol. The quantitative estimate of drug-likeness (QED) is 0.824. The highest BCUT2D eigenvalue weighted by molar-refractivity contribution is 6.35. The van der Waals surface area contributed by atoms with Gasteiger partial charge < -0.3 is 5.11 Å². The molecular formula is C12H15Cl2NO2. The Kier molecular flexibility index (Phi) is 4.51. The van der Waals surface area contributed by atoms with Crippen LogP contribution in [0.25, 0.3) is 0 Å².